The number of nitrogens with one attached hydrogen (secondary N) is 1. The number of hydrogen-bond acceptors (Lipinski definition) is 7. The second kappa shape index (κ2) is 8.04. The average Bonchev–Trinajstić information content (AvgIpc) is 3.04. The topological polar surface area (TPSA) is 88.4 Å². The van der Waals surface area contributed by atoms with E-state index in [2.05, 4.69) is 32.2 Å². The Morgan fingerprint density at radius 2 is 2.14 bits per heavy atom. The average molecular weight is 387 g/mol. The second-order valence-corrected chi connectivity index (χ2v) is 7.95. The number of aromatic nitrogens is 4. The number of hydrogen-bond donors (Lipinski definition) is 1. The summed E-state index contributed by atoms with van der Waals surface area (Å²) in [6, 6.07) is 1.97. The molecule has 0 aliphatic carbocycles. The zero-order valence-corrected chi connectivity index (χ0v) is 17.2. The van der Waals surface area contributed by atoms with Crippen LogP contribution in [0.15, 0.2) is 24.7 Å². The zero-order valence-electron chi connectivity index (χ0n) is 17.2. The number of ether oxygens (including phenoxy) is 1. The van der Waals surface area contributed by atoms with E-state index in [0.29, 0.717) is 25.6 Å². The molecule has 0 aromatic carbocycles. The molecule has 1 amide bonds. The van der Waals surface area contributed by atoms with E-state index in [0.717, 1.165) is 17.9 Å². The first kappa shape index (κ1) is 19.9. The molecule has 3 rings (SSSR count). The molecule has 1 aliphatic heterocycles. The van der Waals surface area contributed by atoms with Gasteiger partial charge < -0.3 is 19.9 Å². The van der Waals surface area contributed by atoms with E-state index < -0.39 is 5.60 Å². The van der Waals surface area contributed by atoms with Crippen molar-refractivity contribution >= 4 is 23.5 Å². The number of anilines is 3. The normalized spacial score (nSPS) is 17.5. The van der Waals surface area contributed by atoms with Crippen LogP contribution >= 0.6 is 0 Å². The molecule has 1 N–H and O–H groups in total. The van der Waals surface area contributed by atoms with Crippen molar-refractivity contribution in [2.24, 2.45) is 7.05 Å². The number of piperazine rings is 1. The molecule has 152 valence electrons. The number of rotatable bonds is 4. The standard InChI is InChI=1S/C19H29N7O2/c1-6-15-13-25(9-10-26(15)18(27)28-19(2,3)4)16-7-8-20-17(23-16)22-14-11-21-24(5)12-14/h7-8,11-12,15H,6,9-10,13H2,1-5H3,(H,20,22,23)/t15-/m0/s1. The van der Waals surface area contributed by atoms with E-state index in [1.54, 1.807) is 17.1 Å². The third-order valence-electron chi connectivity index (χ3n) is 4.51. The number of nitrogens with zero attached hydrogens (tertiary/aromatic N) is 6. The first-order valence-corrected chi connectivity index (χ1v) is 9.58. The Labute approximate surface area is 165 Å². The molecule has 2 aromatic rings. The van der Waals surface area contributed by atoms with E-state index >= 15 is 0 Å². The minimum atomic E-state index is -0.494. The quantitative estimate of drug-likeness (QED) is 0.863. The van der Waals surface area contributed by atoms with E-state index in [4.69, 9.17) is 4.74 Å². The summed E-state index contributed by atoms with van der Waals surface area (Å²) in [7, 11) is 1.86. The summed E-state index contributed by atoms with van der Waals surface area (Å²) in [5.74, 6) is 1.36. The van der Waals surface area contributed by atoms with Gasteiger partial charge in [0, 0.05) is 39.1 Å². The molecule has 1 fully saturated rings. The number of aryl methyl sites for hydroxylation is 1. The maximum Gasteiger partial charge on any atom is 0.410 e. The maximum atomic E-state index is 12.5. The molecule has 1 atom stereocenters. The van der Waals surface area contributed by atoms with E-state index in [9.17, 15) is 4.79 Å². The van der Waals surface area contributed by atoms with Gasteiger partial charge in [0.15, 0.2) is 0 Å². The molecule has 2 aromatic heterocycles. The zero-order chi connectivity index (χ0) is 20.3. The molecule has 3 heterocycles. The van der Waals surface area contributed by atoms with Crippen LogP contribution in [0.25, 0.3) is 0 Å². The molecular weight excluding hydrogens is 358 g/mol. The first-order valence-electron chi connectivity index (χ1n) is 9.58. The van der Waals surface area contributed by atoms with Gasteiger partial charge in [-0.05, 0) is 33.3 Å². The number of carbonyl (C=O) groups excluding carboxylic acids is 1. The molecule has 0 radical (unpaired) electrons. The van der Waals surface area contributed by atoms with E-state index in [-0.39, 0.29) is 12.1 Å². The molecule has 0 bridgehead atoms. The minimum Gasteiger partial charge on any atom is -0.444 e. The molecule has 0 unspecified atom stereocenters. The molecule has 1 saturated heterocycles. The molecule has 28 heavy (non-hydrogen) atoms. The highest BCUT2D eigenvalue weighted by atomic mass is 16.6. The van der Waals surface area contributed by atoms with E-state index in [1.165, 1.54) is 0 Å². The summed E-state index contributed by atoms with van der Waals surface area (Å²) in [5.41, 5.74) is 0.340. The van der Waals surface area contributed by atoms with Gasteiger partial charge in [-0.2, -0.15) is 10.1 Å². The van der Waals surface area contributed by atoms with Crippen LogP contribution in [-0.4, -0.2) is 62.0 Å². The minimum absolute atomic E-state index is 0.0771. The monoisotopic (exact) mass is 387 g/mol. The lowest BCUT2D eigenvalue weighted by Crippen LogP contribution is -2.56. The van der Waals surface area contributed by atoms with Crippen LogP contribution in [0.3, 0.4) is 0 Å². The Morgan fingerprint density at radius 1 is 1.36 bits per heavy atom. The SMILES string of the molecule is CC[C@H]1CN(c2ccnc(Nc3cnn(C)c3)n2)CCN1C(=O)OC(C)(C)C. The fourth-order valence-electron chi connectivity index (χ4n) is 3.17. The fraction of sp³-hybridized carbons (Fsp3) is 0.579. The van der Waals surface area contributed by atoms with Gasteiger partial charge in [-0.25, -0.2) is 9.78 Å². The van der Waals surface area contributed by atoms with Crippen molar-refractivity contribution in [1.82, 2.24) is 24.6 Å². The first-order chi connectivity index (χ1) is 13.2. The van der Waals surface area contributed by atoms with Crippen LogP contribution in [0.4, 0.5) is 22.2 Å². The maximum absolute atomic E-state index is 12.5. The Balaban J connectivity index is 1.68. The van der Waals surface area contributed by atoms with Gasteiger partial charge in [0.1, 0.15) is 11.4 Å². The smallest absolute Gasteiger partial charge is 0.410 e. The van der Waals surface area contributed by atoms with Crippen molar-refractivity contribution < 1.29 is 9.53 Å². The number of amides is 1. The number of carbonyl (C=O) groups is 1. The third kappa shape index (κ3) is 4.90. The largest absolute Gasteiger partial charge is 0.444 e. The van der Waals surface area contributed by atoms with Gasteiger partial charge in [-0.1, -0.05) is 6.92 Å². The van der Waals surface area contributed by atoms with Crippen molar-refractivity contribution in [3.63, 3.8) is 0 Å². The molecule has 0 saturated carbocycles. The predicted molar refractivity (Wildman–Crippen MR) is 108 cm³/mol. The van der Waals surface area contributed by atoms with Crippen LogP contribution in [0.5, 0.6) is 0 Å². The lowest BCUT2D eigenvalue weighted by Gasteiger charge is -2.41. The van der Waals surface area contributed by atoms with Crippen molar-refractivity contribution in [1.29, 1.82) is 0 Å². The van der Waals surface area contributed by atoms with Gasteiger partial charge in [-0.15, -0.1) is 0 Å². The highest BCUT2D eigenvalue weighted by Gasteiger charge is 2.32. The van der Waals surface area contributed by atoms with Crippen molar-refractivity contribution in [2.45, 2.75) is 45.8 Å². The summed E-state index contributed by atoms with van der Waals surface area (Å²) in [6.07, 6.45) is 5.93. The van der Waals surface area contributed by atoms with Crippen LogP contribution in [0.2, 0.25) is 0 Å². The Morgan fingerprint density at radius 3 is 2.79 bits per heavy atom. The molecule has 0 spiro atoms. The van der Waals surface area contributed by atoms with Gasteiger partial charge in [0.2, 0.25) is 5.95 Å². The highest BCUT2D eigenvalue weighted by Crippen LogP contribution is 2.22. The van der Waals surface area contributed by atoms with Crippen molar-refractivity contribution in [3.05, 3.63) is 24.7 Å². The van der Waals surface area contributed by atoms with Crippen LogP contribution in [0, 0.1) is 0 Å². The summed E-state index contributed by atoms with van der Waals surface area (Å²) in [5, 5.41) is 7.30. The van der Waals surface area contributed by atoms with Crippen LogP contribution in [0.1, 0.15) is 34.1 Å². The fourth-order valence-corrected chi connectivity index (χ4v) is 3.17. The van der Waals surface area contributed by atoms with Gasteiger partial charge >= 0.3 is 6.09 Å². The van der Waals surface area contributed by atoms with Gasteiger partial charge in [0.05, 0.1) is 17.9 Å². The van der Waals surface area contributed by atoms with Crippen LogP contribution < -0.4 is 10.2 Å². The Hall–Kier alpha value is -2.84. The van der Waals surface area contributed by atoms with Gasteiger partial charge in [0.25, 0.3) is 0 Å². The van der Waals surface area contributed by atoms with Crippen LogP contribution in [-0.2, 0) is 11.8 Å². The van der Waals surface area contributed by atoms with E-state index in [1.807, 2.05) is 45.0 Å². The molecule has 9 heteroatoms. The summed E-state index contributed by atoms with van der Waals surface area (Å²) >= 11 is 0. The lowest BCUT2D eigenvalue weighted by molar-refractivity contribution is 0.0136. The van der Waals surface area contributed by atoms with Gasteiger partial charge in [-0.3, -0.25) is 4.68 Å². The second-order valence-electron chi connectivity index (χ2n) is 7.95. The predicted octanol–water partition coefficient (Wildman–Crippen LogP) is 2.79. The third-order valence-corrected chi connectivity index (χ3v) is 4.51. The molecular formula is C19H29N7O2. The summed E-state index contributed by atoms with van der Waals surface area (Å²) in [4.78, 5) is 25.5. The Kier molecular flexibility index (Phi) is 5.71. The molecule has 1 aliphatic rings. The summed E-state index contributed by atoms with van der Waals surface area (Å²) in [6.45, 7) is 9.75. The Bertz CT molecular complexity index is 815. The van der Waals surface area contributed by atoms with Crippen molar-refractivity contribution in [2.75, 3.05) is 29.9 Å². The molecule has 9 nitrogen and oxygen atoms in total. The lowest BCUT2D eigenvalue weighted by atomic mass is 10.1. The summed E-state index contributed by atoms with van der Waals surface area (Å²) < 4.78 is 7.28. The highest BCUT2D eigenvalue weighted by molar-refractivity contribution is 5.69. The van der Waals surface area contributed by atoms with Crippen molar-refractivity contribution in [3.8, 4) is 0 Å².